The Morgan fingerprint density at radius 2 is 0.917 bits per heavy atom. The average Bonchev–Trinajstić information content (AvgIpc) is 3.11. The van der Waals surface area contributed by atoms with Crippen LogP contribution in [-0.4, -0.2) is 16.1 Å². The molecule has 0 radical (unpaired) electrons. The lowest BCUT2D eigenvalue weighted by Gasteiger charge is -2.63. The summed E-state index contributed by atoms with van der Waals surface area (Å²) in [5.74, 6) is 2.08. The predicted octanol–water partition coefficient (Wildman–Crippen LogP) is 7.81. The van der Waals surface area contributed by atoms with Crippen LogP contribution in [0.4, 0.5) is 0 Å². The molecular weight excluding hydrogens is 320 g/mol. The minimum absolute atomic E-state index is 0.667. The molecule has 0 aromatic heterocycles. The van der Waals surface area contributed by atoms with Crippen molar-refractivity contribution in [1.82, 2.24) is 0 Å². The van der Waals surface area contributed by atoms with Gasteiger partial charge in [0.05, 0.1) is 0 Å². The maximum atomic E-state index is 2.72. The summed E-state index contributed by atoms with van der Waals surface area (Å²) in [5.41, 5.74) is 3.53. The van der Waals surface area contributed by atoms with Crippen LogP contribution in [0.1, 0.15) is 65.2 Å². The molecule has 24 heavy (non-hydrogen) atoms. The fourth-order valence-electron chi connectivity index (χ4n) is 6.95. The second kappa shape index (κ2) is 5.97. The molecule has 0 bridgehead atoms. The summed E-state index contributed by atoms with van der Waals surface area (Å²) < 4.78 is 0. The summed E-state index contributed by atoms with van der Waals surface area (Å²) in [7, 11) is -1.88. The number of rotatable bonds is 4. The highest BCUT2D eigenvalue weighted by Crippen LogP contribution is 2.70. The van der Waals surface area contributed by atoms with Crippen LogP contribution in [0.25, 0.3) is 0 Å². The van der Waals surface area contributed by atoms with Crippen LogP contribution in [0.5, 0.6) is 0 Å². The van der Waals surface area contributed by atoms with E-state index in [1.807, 2.05) is 0 Å². The molecular formula is C22H44Si2. The second-order valence-corrected chi connectivity index (χ2v) is 23.6. The minimum atomic E-state index is -0.942. The lowest BCUT2D eigenvalue weighted by atomic mass is 9.42. The summed E-state index contributed by atoms with van der Waals surface area (Å²) in [6.45, 7) is 21.1. The van der Waals surface area contributed by atoms with Crippen molar-refractivity contribution in [2.24, 2.45) is 22.7 Å². The van der Waals surface area contributed by atoms with E-state index in [1.165, 1.54) is 12.8 Å². The van der Waals surface area contributed by atoms with Crippen molar-refractivity contribution in [2.45, 2.75) is 116 Å². The zero-order valence-corrected chi connectivity index (χ0v) is 20.0. The van der Waals surface area contributed by atoms with Crippen molar-refractivity contribution in [3.8, 4) is 0 Å². The summed E-state index contributed by atoms with van der Waals surface area (Å²) in [4.78, 5) is 0. The zero-order valence-electron chi connectivity index (χ0n) is 18.0. The molecule has 3 saturated carbocycles. The Bertz CT molecular complexity index is 427. The van der Waals surface area contributed by atoms with E-state index in [4.69, 9.17) is 0 Å². The average molecular weight is 365 g/mol. The Morgan fingerprint density at radius 3 is 1.12 bits per heavy atom. The van der Waals surface area contributed by atoms with Gasteiger partial charge in [0.1, 0.15) is 0 Å². The first-order valence-electron chi connectivity index (χ1n) is 10.9. The van der Waals surface area contributed by atoms with Crippen molar-refractivity contribution in [1.29, 1.82) is 0 Å². The van der Waals surface area contributed by atoms with E-state index in [2.05, 4.69) is 53.1 Å². The number of hydrogen-bond acceptors (Lipinski definition) is 0. The van der Waals surface area contributed by atoms with Crippen LogP contribution in [0, 0.1) is 22.7 Å². The van der Waals surface area contributed by atoms with E-state index in [1.54, 1.807) is 38.5 Å². The van der Waals surface area contributed by atoms with Gasteiger partial charge in [-0.25, -0.2) is 0 Å². The van der Waals surface area contributed by atoms with Gasteiger partial charge < -0.3 is 0 Å². The molecule has 0 aromatic carbocycles. The first kappa shape index (κ1) is 19.2. The predicted molar refractivity (Wildman–Crippen MR) is 114 cm³/mol. The highest BCUT2D eigenvalue weighted by atomic mass is 28.3. The highest BCUT2D eigenvalue weighted by Gasteiger charge is 2.61. The molecule has 0 saturated heterocycles. The topological polar surface area (TPSA) is 0 Å². The molecule has 3 fully saturated rings. The molecule has 3 aliphatic rings. The first-order valence-corrected chi connectivity index (χ1v) is 18.0. The minimum Gasteiger partial charge on any atom is -0.0693 e. The molecule has 0 N–H and O–H groups in total. The molecule has 0 aromatic rings. The van der Waals surface area contributed by atoms with Gasteiger partial charge in [-0.15, -0.1) is 0 Å². The van der Waals surface area contributed by atoms with Crippen molar-refractivity contribution in [3.63, 3.8) is 0 Å². The van der Waals surface area contributed by atoms with Crippen molar-refractivity contribution >= 4 is 16.1 Å². The molecule has 0 amide bonds. The van der Waals surface area contributed by atoms with E-state index in [0.717, 1.165) is 22.9 Å². The van der Waals surface area contributed by atoms with Crippen LogP contribution in [0.2, 0.25) is 50.4 Å². The molecule has 2 heteroatoms. The third kappa shape index (κ3) is 3.02. The van der Waals surface area contributed by atoms with Gasteiger partial charge in [0.2, 0.25) is 0 Å². The van der Waals surface area contributed by atoms with E-state index >= 15 is 0 Å². The monoisotopic (exact) mass is 364 g/mol. The molecule has 0 nitrogen and oxygen atoms in total. The fourth-order valence-corrected chi connectivity index (χ4v) is 11.0. The smallest absolute Gasteiger partial charge is 0.0473 e. The summed E-state index contributed by atoms with van der Waals surface area (Å²) in [6, 6.07) is 0. The van der Waals surface area contributed by atoms with Gasteiger partial charge >= 0.3 is 0 Å². The third-order valence-electron chi connectivity index (χ3n) is 9.59. The molecule has 3 aliphatic carbocycles. The molecule has 0 aliphatic heterocycles. The van der Waals surface area contributed by atoms with E-state index in [-0.39, 0.29) is 0 Å². The molecule has 140 valence electrons. The van der Waals surface area contributed by atoms with Gasteiger partial charge in [0.15, 0.2) is 0 Å². The Kier molecular flexibility index (Phi) is 4.78. The normalized spacial score (nSPS) is 47.0. The van der Waals surface area contributed by atoms with Crippen LogP contribution < -0.4 is 0 Å². The maximum Gasteiger partial charge on any atom is 0.0473 e. The maximum absolute atomic E-state index is 2.72. The molecule has 3 rings (SSSR count). The van der Waals surface area contributed by atoms with E-state index < -0.39 is 16.1 Å². The molecule has 6 atom stereocenters. The van der Waals surface area contributed by atoms with Crippen LogP contribution in [0.3, 0.4) is 0 Å². The lowest BCUT2D eigenvalue weighted by molar-refractivity contribution is -0.135. The quantitative estimate of drug-likeness (QED) is 0.446. The van der Waals surface area contributed by atoms with Crippen molar-refractivity contribution < 1.29 is 0 Å². The van der Waals surface area contributed by atoms with Gasteiger partial charge in [0.25, 0.3) is 0 Å². The van der Waals surface area contributed by atoms with Gasteiger partial charge in [0, 0.05) is 16.1 Å². The Balaban J connectivity index is 1.71. The molecule has 4 unspecified atom stereocenters. The van der Waals surface area contributed by atoms with E-state index in [9.17, 15) is 0 Å². The SMILES string of the molecule is C[C@@]1(C2CCC([Si](C)(C)C)C2)CC[C@]1(C)C1CCC([Si](C)(C)C)C1. The second-order valence-electron chi connectivity index (χ2n) is 12.5. The third-order valence-corrected chi connectivity index (χ3v) is 15.5. The van der Waals surface area contributed by atoms with Gasteiger partial charge in [-0.05, 0) is 72.3 Å². The summed E-state index contributed by atoms with van der Waals surface area (Å²) >= 11 is 0. The Labute approximate surface area is 154 Å². The van der Waals surface area contributed by atoms with Crippen LogP contribution in [-0.2, 0) is 0 Å². The van der Waals surface area contributed by atoms with Gasteiger partial charge in [-0.2, -0.15) is 0 Å². The van der Waals surface area contributed by atoms with Gasteiger partial charge in [-0.1, -0.05) is 66.0 Å². The molecule has 0 spiro atoms. The van der Waals surface area contributed by atoms with Crippen molar-refractivity contribution in [3.05, 3.63) is 0 Å². The summed E-state index contributed by atoms with van der Waals surface area (Å²) in [6.07, 6.45) is 12.4. The Hall–Kier alpha value is 0.434. The molecule has 0 heterocycles. The van der Waals surface area contributed by atoms with Gasteiger partial charge in [-0.3, -0.25) is 0 Å². The van der Waals surface area contributed by atoms with Crippen molar-refractivity contribution in [2.75, 3.05) is 0 Å². The number of hydrogen-bond donors (Lipinski definition) is 0. The first-order chi connectivity index (χ1) is 10.9. The van der Waals surface area contributed by atoms with Crippen LogP contribution >= 0.6 is 0 Å². The summed E-state index contributed by atoms with van der Waals surface area (Å²) in [5, 5.41) is 0. The van der Waals surface area contributed by atoms with Crippen LogP contribution in [0.15, 0.2) is 0 Å². The standard InChI is InChI=1S/C22H44Si2/c1-21(17-9-11-19(15-17)23(3,4)5)13-14-22(21,2)18-10-12-20(16-18)24(6,7)8/h17-20H,9-16H2,1-8H3/t17?,18?,19?,20?,21-,22+. The fraction of sp³-hybridized carbons (Fsp3) is 1.00. The zero-order chi connectivity index (χ0) is 18.0. The lowest BCUT2D eigenvalue weighted by Crippen LogP contribution is -2.55. The highest BCUT2D eigenvalue weighted by molar-refractivity contribution is 6.78. The van der Waals surface area contributed by atoms with E-state index in [0.29, 0.717) is 10.8 Å². The largest absolute Gasteiger partial charge is 0.0693 e. The Morgan fingerprint density at radius 1 is 0.583 bits per heavy atom.